The van der Waals surface area contributed by atoms with Crippen molar-refractivity contribution in [3.05, 3.63) is 29.8 Å². The van der Waals surface area contributed by atoms with Crippen molar-refractivity contribution in [1.82, 2.24) is 9.80 Å². The minimum absolute atomic E-state index is 0.0826. The van der Waals surface area contributed by atoms with E-state index in [2.05, 4.69) is 28.9 Å². The van der Waals surface area contributed by atoms with Crippen molar-refractivity contribution in [2.75, 3.05) is 50.7 Å². The highest BCUT2D eigenvalue weighted by atomic mass is 16.3. The summed E-state index contributed by atoms with van der Waals surface area (Å²) in [4.78, 5) is 19.2. The molecule has 0 spiro atoms. The van der Waals surface area contributed by atoms with Crippen molar-refractivity contribution >= 4 is 11.6 Å². The number of amides is 1. The molecule has 0 aromatic heterocycles. The average Bonchev–Trinajstić information content (AvgIpc) is 2.62. The van der Waals surface area contributed by atoms with Gasteiger partial charge in [0.05, 0.1) is 6.10 Å². The van der Waals surface area contributed by atoms with E-state index in [0.29, 0.717) is 25.9 Å². The maximum atomic E-state index is 12.5. The first-order valence-corrected chi connectivity index (χ1v) is 8.72. The molecule has 0 bridgehead atoms. The number of rotatable bonds is 3. The van der Waals surface area contributed by atoms with Gasteiger partial charge < -0.3 is 19.8 Å². The van der Waals surface area contributed by atoms with Crippen LogP contribution >= 0.6 is 0 Å². The van der Waals surface area contributed by atoms with Crippen LogP contribution in [0.3, 0.4) is 0 Å². The zero-order chi connectivity index (χ0) is 16.2. The Balaban J connectivity index is 1.60. The van der Waals surface area contributed by atoms with Gasteiger partial charge in [0.2, 0.25) is 0 Å². The molecule has 126 valence electrons. The van der Waals surface area contributed by atoms with E-state index < -0.39 is 0 Å². The van der Waals surface area contributed by atoms with Crippen LogP contribution in [-0.4, -0.2) is 72.7 Å². The van der Waals surface area contributed by atoms with Gasteiger partial charge in [0.15, 0.2) is 0 Å². The topological polar surface area (TPSA) is 47.0 Å². The third-order valence-corrected chi connectivity index (χ3v) is 5.05. The first-order valence-electron chi connectivity index (χ1n) is 8.72. The lowest BCUT2D eigenvalue weighted by atomic mass is 10.1. The zero-order valence-corrected chi connectivity index (χ0v) is 13.9. The van der Waals surface area contributed by atoms with E-state index in [0.717, 1.165) is 38.3 Å². The Bertz CT molecular complexity index is 516. The summed E-state index contributed by atoms with van der Waals surface area (Å²) in [5.41, 5.74) is 1.95. The van der Waals surface area contributed by atoms with Gasteiger partial charge in [0.1, 0.15) is 0 Å². The van der Waals surface area contributed by atoms with Crippen LogP contribution in [-0.2, 0) is 0 Å². The Morgan fingerprint density at radius 1 is 1.04 bits per heavy atom. The van der Waals surface area contributed by atoms with Gasteiger partial charge in [-0.1, -0.05) is 6.92 Å². The van der Waals surface area contributed by atoms with E-state index in [4.69, 9.17) is 0 Å². The second-order valence-electron chi connectivity index (χ2n) is 6.49. The molecule has 0 aliphatic carbocycles. The highest BCUT2D eigenvalue weighted by molar-refractivity contribution is 5.94. The molecular weight excluding hydrogens is 290 g/mol. The SMILES string of the molecule is CCN1CCN(c2ccc(C(=O)N3CCC(O)CC3)cc2)CC1. The molecule has 1 aromatic carbocycles. The largest absolute Gasteiger partial charge is 0.393 e. The molecule has 1 amide bonds. The van der Waals surface area contributed by atoms with Crippen molar-refractivity contribution in [3.8, 4) is 0 Å². The van der Waals surface area contributed by atoms with Crippen molar-refractivity contribution in [3.63, 3.8) is 0 Å². The number of anilines is 1. The normalized spacial score (nSPS) is 20.8. The predicted octanol–water partition coefficient (Wildman–Crippen LogP) is 1.43. The highest BCUT2D eigenvalue weighted by Gasteiger charge is 2.22. The minimum atomic E-state index is -0.247. The van der Waals surface area contributed by atoms with E-state index in [-0.39, 0.29) is 12.0 Å². The number of aliphatic hydroxyl groups excluding tert-OH is 1. The van der Waals surface area contributed by atoms with Gasteiger partial charge >= 0.3 is 0 Å². The summed E-state index contributed by atoms with van der Waals surface area (Å²) in [7, 11) is 0. The Labute approximate surface area is 138 Å². The Morgan fingerprint density at radius 3 is 2.22 bits per heavy atom. The Hall–Kier alpha value is -1.59. The molecule has 2 aliphatic rings. The van der Waals surface area contributed by atoms with Crippen LogP contribution in [0.25, 0.3) is 0 Å². The summed E-state index contributed by atoms with van der Waals surface area (Å²) in [6.07, 6.45) is 1.13. The summed E-state index contributed by atoms with van der Waals surface area (Å²) in [5, 5.41) is 9.55. The summed E-state index contributed by atoms with van der Waals surface area (Å²) in [6, 6.07) is 8.01. The fourth-order valence-electron chi connectivity index (χ4n) is 3.39. The lowest BCUT2D eigenvalue weighted by Crippen LogP contribution is -2.46. The van der Waals surface area contributed by atoms with Crippen LogP contribution in [0.2, 0.25) is 0 Å². The third kappa shape index (κ3) is 3.85. The first-order chi connectivity index (χ1) is 11.2. The first kappa shape index (κ1) is 16.3. The lowest BCUT2D eigenvalue weighted by molar-refractivity contribution is 0.0546. The number of piperazine rings is 1. The number of benzene rings is 1. The van der Waals surface area contributed by atoms with Gasteiger partial charge in [0, 0.05) is 50.5 Å². The molecule has 5 nitrogen and oxygen atoms in total. The van der Waals surface area contributed by atoms with Crippen molar-refractivity contribution in [1.29, 1.82) is 0 Å². The number of piperidine rings is 1. The Kier molecular flexibility index (Phi) is 5.18. The fraction of sp³-hybridized carbons (Fsp3) is 0.611. The van der Waals surface area contributed by atoms with Crippen molar-refractivity contribution in [2.45, 2.75) is 25.9 Å². The van der Waals surface area contributed by atoms with Gasteiger partial charge in [-0.05, 0) is 43.7 Å². The number of hydrogen-bond acceptors (Lipinski definition) is 4. The van der Waals surface area contributed by atoms with Crippen molar-refractivity contribution < 1.29 is 9.90 Å². The van der Waals surface area contributed by atoms with Crippen LogP contribution in [0, 0.1) is 0 Å². The molecule has 0 unspecified atom stereocenters. The smallest absolute Gasteiger partial charge is 0.253 e. The standard InChI is InChI=1S/C18H27N3O2/c1-2-19-11-13-20(14-12-19)16-5-3-15(4-6-16)18(23)21-9-7-17(22)8-10-21/h3-6,17,22H,2,7-14H2,1H3. The molecule has 5 heteroatoms. The van der Waals surface area contributed by atoms with E-state index in [1.807, 2.05) is 17.0 Å². The molecule has 2 aliphatic heterocycles. The molecule has 0 radical (unpaired) electrons. The second-order valence-corrected chi connectivity index (χ2v) is 6.49. The van der Waals surface area contributed by atoms with Crippen LogP contribution in [0.4, 0.5) is 5.69 Å². The lowest BCUT2D eigenvalue weighted by Gasteiger charge is -2.35. The number of carbonyl (C=O) groups excluding carboxylic acids is 1. The van der Waals surface area contributed by atoms with Gasteiger partial charge in [-0.2, -0.15) is 0 Å². The number of hydrogen-bond donors (Lipinski definition) is 1. The molecule has 2 fully saturated rings. The van der Waals surface area contributed by atoms with Crippen LogP contribution < -0.4 is 4.90 Å². The molecule has 0 atom stereocenters. The van der Waals surface area contributed by atoms with Crippen LogP contribution in [0.15, 0.2) is 24.3 Å². The van der Waals surface area contributed by atoms with Crippen LogP contribution in [0.1, 0.15) is 30.1 Å². The molecule has 23 heavy (non-hydrogen) atoms. The fourth-order valence-corrected chi connectivity index (χ4v) is 3.39. The Morgan fingerprint density at radius 2 is 1.65 bits per heavy atom. The van der Waals surface area contributed by atoms with Gasteiger partial charge in [-0.3, -0.25) is 4.79 Å². The number of aliphatic hydroxyl groups is 1. The summed E-state index contributed by atoms with van der Waals surface area (Å²) >= 11 is 0. The molecular formula is C18H27N3O2. The molecule has 1 aromatic rings. The predicted molar refractivity (Wildman–Crippen MR) is 91.9 cm³/mol. The number of likely N-dealkylation sites (tertiary alicyclic amines) is 1. The maximum Gasteiger partial charge on any atom is 0.253 e. The summed E-state index contributed by atoms with van der Waals surface area (Å²) in [5.74, 6) is 0.0826. The molecule has 0 saturated carbocycles. The van der Waals surface area contributed by atoms with Gasteiger partial charge in [-0.25, -0.2) is 0 Å². The second kappa shape index (κ2) is 7.32. The number of nitrogens with zero attached hydrogens (tertiary/aromatic N) is 3. The van der Waals surface area contributed by atoms with Crippen LogP contribution in [0.5, 0.6) is 0 Å². The van der Waals surface area contributed by atoms with E-state index >= 15 is 0 Å². The van der Waals surface area contributed by atoms with Gasteiger partial charge in [-0.15, -0.1) is 0 Å². The van der Waals surface area contributed by atoms with E-state index in [1.165, 1.54) is 5.69 Å². The molecule has 2 heterocycles. The van der Waals surface area contributed by atoms with E-state index in [1.54, 1.807) is 0 Å². The summed E-state index contributed by atoms with van der Waals surface area (Å²) in [6.45, 7) is 8.93. The number of carbonyl (C=O) groups is 1. The highest BCUT2D eigenvalue weighted by Crippen LogP contribution is 2.19. The minimum Gasteiger partial charge on any atom is -0.393 e. The maximum absolute atomic E-state index is 12.5. The molecule has 1 N–H and O–H groups in total. The third-order valence-electron chi connectivity index (χ3n) is 5.05. The van der Waals surface area contributed by atoms with Crippen molar-refractivity contribution in [2.24, 2.45) is 0 Å². The monoisotopic (exact) mass is 317 g/mol. The quantitative estimate of drug-likeness (QED) is 0.916. The molecule has 2 saturated heterocycles. The molecule has 3 rings (SSSR count). The zero-order valence-electron chi connectivity index (χ0n) is 13.9. The number of likely N-dealkylation sites (N-methyl/N-ethyl adjacent to an activating group) is 1. The average molecular weight is 317 g/mol. The summed E-state index contributed by atoms with van der Waals surface area (Å²) < 4.78 is 0. The van der Waals surface area contributed by atoms with Gasteiger partial charge in [0.25, 0.3) is 5.91 Å². The van der Waals surface area contributed by atoms with E-state index in [9.17, 15) is 9.90 Å².